The summed E-state index contributed by atoms with van der Waals surface area (Å²) in [4.78, 5) is 23.9. The molecule has 0 saturated heterocycles. The first-order valence-electron chi connectivity index (χ1n) is 8.79. The van der Waals surface area contributed by atoms with Gasteiger partial charge in [-0.2, -0.15) is 10.2 Å². The molecule has 2 heterocycles. The number of methoxy groups -OCH3 is 1. The van der Waals surface area contributed by atoms with Crippen LogP contribution in [0.15, 0.2) is 36.5 Å². The minimum absolute atomic E-state index is 0.0146. The number of esters is 1. The van der Waals surface area contributed by atoms with Gasteiger partial charge >= 0.3 is 5.97 Å². The second-order valence-corrected chi connectivity index (χ2v) is 5.87. The lowest BCUT2D eigenvalue weighted by atomic mass is 10.1. The number of aromatic nitrogens is 3. The highest BCUT2D eigenvalue weighted by Crippen LogP contribution is 2.36. The summed E-state index contributed by atoms with van der Waals surface area (Å²) in [5.41, 5.74) is 12.7. The molecule has 3 aromatic rings. The minimum atomic E-state index is -0.477. The van der Waals surface area contributed by atoms with Crippen LogP contribution in [0.2, 0.25) is 0 Å². The van der Waals surface area contributed by atoms with Crippen molar-refractivity contribution >= 4 is 17.7 Å². The first-order chi connectivity index (χ1) is 14.5. The second-order valence-electron chi connectivity index (χ2n) is 5.87. The fraction of sp³-hybridized carbons (Fsp3) is 0.150. The van der Waals surface area contributed by atoms with E-state index in [0.29, 0.717) is 22.6 Å². The maximum atomic E-state index is 11.9. The van der Waals surface area contributed by atoms with Crippen molar-refractivity contribution in [3.63, 3.8) is 0 Å². The van der Waals surface area contributed by atoms with Gasteiger partial charge < -0.3 is 25.7 Å². The highest BCUT2D eigenvalue weighted by molar-refractivity contribution is 5.89. The second kappa shape index (κ2) is 8.74. The number of carbonyl (C=O) groups excluding carboxylic acids is 1. The number of carbonyl (C=O) groups is 1. The van der Waals surface area contributed by atoms with Crippen LogP contribution in [0, 0.1) is 11.3 Å². The summed E-state index contributed by atoms with van der Waals surface area (Å²) in [5.74, 6) is 0.314. The molecular formula is C20H18N6O4. The van der Waals surface area contributed by atoms with Crippen molar-refractivity contribution in [1.29, 1.82) is 5.26 Å². The van der Waals surface area contributed by atoms with E-state index in [-0.39, 0.29) is 35.5 Å². The van der Waals surface area contributed by atoms with Crippen LogP contribution in [0.5, 0.6) is 17.4 Å². The van der Waals surface area contributed by atoms with Gasteiger partial charge in [-0.1, -0.05) is 0 Å². The van der Waals surface area contributed by atoms with E-state index >= 15 is 0 Å². The monoisotopic (exact) mass is 406 g/mol. The first kappa shape index (κ1) is 20.3. The fourth-order valence-corrected chi connectivity index (χ4v) is 2.63. The van der Waals surface area contributed by atoms with Crippen LogP contribution >= 0.6 is 0 Å². The van der Waals surface area contributed by atoms with E-state index < -0.39 is 5.97 Å². The lowest BCUT2D eigenvalue weighted by Crippen LogP contribution is -2.05. The molecule has 10 heteroatoms. The average Bonchev–Trinajstić information content (AvgIpc) is 2.74. The quantitative estimate of drug-likeness (QED) is 0.582. The van der Waals surface area contributed by atoms with Gasteiger partial charge in [0, 0.05) is 17.8 Å². The maximum Gasteiger partial charge on any atom is 0.338 e. The number of nitrogen functional groups attached to an aromatic ring is 2. The normalized spacial score (nSPS) is 10.2. The fourth-order valence-electron chi connectivity index (χ4n) is 2.63. The predicted molar refractivity (Wildman–Crippen MR) is 108 cm³/mol. The zero-order valence-electron chi connectivity index (χ0n) is 16.2. The number of nitrogens with two attached hydrogens (primary N) is 2. The van der Waals surface area contributed by atoms with E-state index in [1.54, 1.807) is 25.1 Å². The molecule has 0 radical (unpaired) electrons. The third-order valence-corrected chi connectivity index (χ3v) is 3.96. The van der Waals surface area contributed by atoms with Crippen molar-refractivity contribution < 1.29 is 19.0 Å². The Hall–Kier alpha value is -4.39. The molecule has 1 aromatic carbocycles. The van der Waals surface area contributed by atoms with E-state index in [9.17, 15) is 10.1 Å². The molecule has 2 aromatic heterocycles. The van der Waals surface area contributed by atoms with Gasteiger partial charge in [-0.15, -0.1) is 0 Å². The number of ether oxygens (including phenoxy) is 3. The number of benzene rings is 1. The molecule has 0 amide bonds. The molecule has 0 unspecified atom stereocenters. The largest absolute Gasteiger partial charge is 0.493 e. The van der Waals surface area contributed by atoms with Gasteiger partial charge in [0.2, 0.25) is 11.8 Å². The number of nitrogens with zero attached hydrogens (tertiary/aromatic N) is 4. The first-order valence-corrected chi connectivity index (χ1v) is 8.79. The van der Waals surface area contributed by atoms with Crippen molar-refractivity contribution in [2.24, 2.45) is 0 Å². The smallest absolute Gasteiger partial charge is 0.338 e. The molecule has 0 saturated carbocycles. The summed E-state index contributed by atoms with van der Waals surface area (Å²) in [6, 6.07) is 9.86. The Morgan fingerprint density at radius 1 is 1.17 bits per heavy atom. The van der Waals surface area contributed by atoms with Crippen LogP contribution in [0.25, 0.3) is 11.3 Å². The lowest BCUT2D eigenvalue weighted by molar-refractivity contribution is 0.0526. The van der Waals surface area contributed by atoms with Crippen LogP contribution < -0.4 is 20.9 Å². The molecule has 0 bridgehead atoms. The Balaban J connectivity index is 1.96. The molecule has 152 valence electrons. The molecule has 0 aliphatic carbocycles. The number of anilines is 2. The Morgan fingerprint density at radius 2 is 1.97 bits per heavy atom. The number of pyridine rings is 1. The summed E-state index contributed by atoms with van der Waals surface area (Å²) in [7, 11) is 1.46. The predicted octanol–water partition coefficient (Wildman–Crippen LogP) is 2.55. The van der Waals surface area contributed by atoms with E-state index in [4.69, 9.17) is 25.7 Å². The Kier molecular flexibility index (Phi) is 5.93. The Bertz CT molecular complexity index is 1140. The molecule has 0 aliphatic heterocycles. The molecule has 0 spiro atoms. The third kappa shape index (κ3) is 4.20. The summed E-state index contributed by atoms with van der Waals surface area (Å²) < 4.78 is 16.1. The average molecular weight is 406 g/mol. The Labute approximate surface area is 172 Å². The topological polar surface area (TPSA) is 159 Å². The Morgan fingerprint density at radius 3 is 2.67 bits per heavy atom. The molecule has 10 nitrogen and oxygen atoms in total. The molecule has 0 fully saturated rings. The maximum absolute atomic E-state index is 11.9. The van der Waals surface area contributed by atoms with Crippen molar-refractivity contribution in [3.05, 3.63) is 47.7 Å². The van der Waals surface area contributed by atoms with Crippen LogP contribution in [-0.2, 0) is 4.74 Å². The van der Waals surface area contributed by atoms with Gasteiger partial charge in [-0.3, -0.25) is 0 Å². The molecule has 4 N–H and O–H groups in total. The summed E-state index contributed by atoms with van der Waals surface area (Å²) in [6.45, 7) is 1.98. The van der Waals surface area contributed by atoms with E-state index in [1.165, 1.54) is 25.4 Å². The van der Waals surface area contributed by atoms with Crippen molar-refractivity contribution in [1.82, 2.24) is 15.0 Å². The van der Waals surface area contributed by atoms with Crippen LogP contribution in [0.1, 0.15) is 22.8 Å². The van der Waals surface area contributed by atoms with Gasteiger partial charge in [-0.25, -0.2) is 14.8 Å². The lowest BCUT2D eigenvalue weighted by Gasteiger charge is -2.13. The van der Waals surface area contributed by atoms with Crippen LogP contribution in [0.4, 0.5) is 11.8 Å². The molecule has 0 aliphatic rings. The number of rotatable bonds is 6. The number of hydrogen-bond acceptors (Lipinski definition) is 10. The molecular weight excluding hydrogens is 388 g/mol. The summed E-state index contributed by atoms with van der Waals surface area (Å²) in [6.07, 6.45) is 1.44. The van der Waals surface area contributed by atoms with Crippen molar-refractivity contribution in [2.75, 3.05) is 25.2 Å². The van der Waals surface area contributed by atoms with Crippen LogP contribution in [-0.4, -0.2) is 34.6 Å². The van der Waals surface area contributed by atoms with E-state index in [1.807, 2.05) is 6.07 Å². The molecule has 30 heavy (non-hydrogen) atoms. The highest BCUT2D eigenvalue weighted by atomic mass is 16.5. The van der Waals surface area contributed by atoms with Gasteiger partial charge in [-0.05, 0) is 31.2 Å². The standard InChI is InChI=1S/C20H18N6O4/c1-3-29-19(27)12-6-7-24-16(9-12)30-14-5-4-11(8-15(14)28-2)17-13(10-21)18(22)26-20(23)25-17/h4-9H,3H2,1-2H3,(H4,22,23,25,26). The van der Waals surface area contributed by atoms with Crippen molar-refractivity contribution in [3.8, 4) is 34.7 Å². The van der Waals surface area contributed by atoms with Crippen molar-refractivity contribution in [2.45, 2.75) is 6.92 Å². The van der Waals surface area contributed by atoms with Gasteiger partial charge in [0.25, 0.3) is 0 Å². The zero-order chi connectivity index (χ0) is 21.7. The number of nitriles is 1. The van der Waals surface area contributed by atoms with Gasteiger partial charge in [0.15, 0.2) is 11.5 Å². The van der Waals surface area contributed by atoms with Gasteiger partial charge in [0.1, 0.15) is 17.5 Å². The molecule has 0 atom stereocenters. The summed E-state index contributed by atoms with van der Waals surface area (Å²) in [5, 5.41) is 9.38. The van der Waals surface area contributed by atoms with E-state index in [2.05, 4.69) is 15.0 Å². The summed E-state index contributed by atoms with van der Waals surface area (Å²) >= 11 is 0. The highest BCUT2D eigenvalue weighted by Gasteiger charge is 2.17. The zero-order valence-corrected chi connectivity index (χ0v) is 16.2. The van der Waals surface area contributed by atoms with Gasteiger partial charge in [0.05, 0.1) is 25.0 Å². The van der Waals surface area contributed by atoms with Crippen LogP contribution in [0.3, 0.4) is 0 Å². The number of hydrogen-bond donors (Lipinski definition) is 2. The SMILES string of the molecule is CCOC(=O)c1ccnc(Oc2ccc(-c3nc(N)nc(N)c3C#N)cc2OC)c1. The third-order valence-electron chi connectivity index (χ3n) is 3.96. The molecule has 3 rings (SSSR count). The minimum Gasteiger partial charge on any atom is -0.493 e. The van der Waals surface area contributed by atoms with E-state index in [0.717, 1.165) is 0 Å².